The summed E-state index contributed by atoms with van der Waals surface area (Å²) in [5, 5.41) is 6.73. The summed E-state index contributed by atoms with van der Waals surface area (Å²) in [6.07, 6.45) is 3.56. The Bertz CT molecular complexity index is 436. The fourth-order valence-electron chi connectivity index (χ4n) is 2.43. The predicted octanol–water partition coefficient (Wildman–Crippen LogP) is 2.42. The van der Waals surface area contributed by atoms with Crippen molar-refractivity contribution in [3.05, 3.63) is 11.9 Å². The molecule has 2 rings (SSSR count). The standard InChI is InChI=1S/C15H26N4O2/c1-4-7-16-13-9-14(19-15(18-13)10-20-3)17-11(2)12-6-5-8-21-12/h9,11-12H,4-8,10H2,1-3H3,(H2,16,17,18,19). The van der Waals surface area contributed by atoms with E-state index in [4.69, 9.17) is 9.47 Å². The lowest BCUT2D eigenvalue weighted by molar-refractivity contribution is 0.0995. The highest BCUT2D eigenvalue weighted by atomic mass is 16.5. The van der Waals surface area contributed by atoms with E-state index < -0.39 is 0 Å². The van der Waals surface area contributed by atoms with Gasteiger partial charge in [0.15, 0.2) is 5.82 Å². The smallest absolute Gasteiger partial charge is 0.158 e. The van der Waals surface area contributed by atoms with Crippen LogP contribution in [0.5, 0.6) is 0 Å². The zero-order chi connectivity index (χ0) is 15.1. The summed E-state index contributed by atoms with van der Waals surface area (Å²) in [6.45, 7) is 6.42. The van der Waals surface area contributed by atoms with Crippen LogP contribution in [-0.4, -0.2) is 42.4 Å². The van der Waals surface area contributed by atoms with Gasteiger partial charge in [0.05, 0.1) is 12.1 Å². The number of hydrogen-bond acceptors (Lipinski definition) is 6. The number of methoxy groups -OCH3 is 1. The first-order valence-corrected chi connectivity index (χ1v) is 7.71. The normalized spacial score (nSPS) is 19.5. The first kappa shape index (κ1) is 16.0. The molecule has 1 saturated heterocycles. The molecule has 0 radical (unpaired) electrons. The number of aromatic nitrogens is 2. The maximum absolute atomic E-state index is 5.71. The van der Waals surface area contributed by atoms with Gasteiger partial charge in [-0.15, -0.1) is 0 Å². The van der Waals surface area contributed by atoms with Crippen LogP contribution in [0.2, 0.25) is 0 Å². The Balaban J connectivity index is 2.06. The van der Waals surface area contributed by atoms with E-state index in [1.165, 1.54) is 0 Å². The molecule has 0 spiro atoms. The molecule has 1 fully saturated rings. The molecular formula is C15H26N4O2. The van der Waals surface area contributed by atoms with Crippen LogP contribution in [0.25, 0.3) is 0 Å². The molecule has 1 aromatic rings. The van der Waals surface area contributed by atoms with Crippen LogP contribution in [0.1, 0.15) is 38.9 Å². The maximum atomic E-state index is 5.71. The Morgan fingerprint density at radius 1 is 1.43 bits per heavy atom. The fourth-order valence-corrected chi connectivity index (χ4v) is 2.43. The Labute approximate surface area is 126 Å². The molecule has 0 saturated carbocycles. The molecule has 6 heteroatoms. The average molecular weight is 294 g/mol. The summed E-state index contributed by atoms with van der Waals surface area (Å²) in [6, 6.07) is 2.18. The van der Waals surface area contributed by atoms with Crippen molar-refractivity contribution >= 4 is 11.6 Å². The number of ether oxygens (including phenoxy) is 2. The van der Waals surface area contributed by atoms with Gasteiger partial charge in [0, 0.05) is 26.3 Å². The van der Waals surface area contributed by atoms with E-state index in [0.29, 0.717) is 12.4 Å². The molecule has 1 aliphatic heterocycles. The van der Waals surface area contributed by atoms with Gasteiger partial charge in [0.25, 0.3) is 0 Å². The van der Waals surface area contributed by atoms with Crippen LogP contribution in [0, 0.1) is 0 Å². The maximum Gasteiger partial charge on any atom is 0.158 e. The first-order chi connectivity index (χ1) is 10.2. The Morgan fingerprint density at radius 2 is 2.24 bits per heavy atom. The second-order valence-corrected chi connectivity index (χ2v) is 5.40. The lowest BCUT2D eigenvalue weighted by Crippen LogP contribution is -2.30. The van der Waals surface area contributed by atoms with Crippen molar-refractivity contribution in [1.82, 2.24) is 9.97 Å². The molecule has 2 atom stereocenters. The highest BCUT2D eigenvalue weighted by molar-refractivity contribution is 5.48. The quantitative estimate of drug-likeness (QED) is 0.767. The highest BCUT2D eigenvalue weighted by Gasteiger charge is 2.22. The topological polar surface area (TPSA) is 68.3 Å². The van der Waals surface area contributed by atoms with Crippen LogP contribution < -0.4 is 10.6 Å². The van der Waals surface area contributed by atoms with Gasteiger partial charge in [-0.2, -0.15) is 0 Å². The number of anilines is 2. The summed E-state index contributed by atoms with van der Waals surface area (Å²) in [5.41, 5.74) is 0. The van der Waals surface area contributed by atoms with E-state index in [9.17, 15) is 0 Å². The molecule has 0 amide bonds. The fraction of sp³-hybridized carbons (Fsp3) is 0.733. The third-order valence-corrected chi connectivity index (χ3v) is 3.50. The van der Waals surface area contributed by atoms with Crippen molar-refractivity contribution in [2.75, 3.05) is 30.9 Å². The molecule has 0 aliphatic carbocycles. The van der Waals surface area contributed by atoms with Gasteiger partial charge in [-0.1, -0.05) is 6.92 Å². The monoisotopic (exact) mass is 294 g/mol. The molecular weight excluding hydrogens is 268 g/mol. The van der Waals surface area contributed by atoms with Crippen molar-refractivity contribution < 1.29 is 9.47 Å². The predicted molar refractivity (Wildman–Crippen MR) is 83.6 cm³/mol. The third-order valence-electron chi connectivity index (χ3n) is 3.50. The lowest BCUT2D eigenvalue weighted by Gasteiger charge is -2.21. The van der Waals surface area contributed by atoms with Crippen LogP contribution in [0.15, 0.2) is 6.07 Å². The summed E-state index contributed by atoms with van der Waals surface area (Å²) in [5.74, 6) is 2.33. The summed E-state index contributed by atoms with van der Waals surface area (Å²) < 4.78 is 10.9. The van der Waals surface area contributed by atoms with Crippen molar-refractivity contribution in [2.24, 2.45) is 0 Å². The Kier molecular flexibility index (Phi) is 6.20. The van der Waals surface area contributed by atoms with Crippen LogP contribution in [0.3, 0.4) is 0 Å². The van der Waals surface area contributed by atoms with E-state index in [-0.39, 0.29) is 12.1 Å². The summed E-state index contributed by atoms with van der Waals surface area (Å²) in [7, 11) is 1.65. The second kappa shape index (κ2) is 8.14. The molecule has 1 aromatic heterocycles. The average Bonchev–Trinajstić information content (AvgIpc) is 2.99. The molecule has 0 aromatic carbocycles. The van der Waals surface area contributed by atoms with Gasteiger partial charge in [0.2, 0.25) is 0 Å². The van der Waals surface area contributed by atoms with Crippen LogP contribution in [-0.2, 0) is 16.1 Å². The van der Waals surface area contributed by atoms with Gasteiger partial charge in [-0.05, 0) is 26.2 Å². The molecule has 21 heavy (non-hydrogen) atoms. The lowest BCUT2D eigenvalue weighted by atomic mass is 10.1. The van der Waals surface area contributed by atoms with Gasteiger partial charge in [0.1, 0.15) is 18.2 Å². The molecule has 2 unspecified atom stereocenters. The molecule has 1 aliphatic rings. The van der Waals surface area contributed by atoms with E-state index in [1.54, 1.807) is 7.11 Å². The van der Waals surface area contributed by atoms with Crippen LogP contribution >= 0.6 is 0 Å². The number of rotatable bonds is 8. The molecule has 118 valence electrons. The number of nitrogens with zero attached hydrogens (tertiary/aromatic N) is 2. The zero-order valence-corrected chi connectivity index (χ0v) is 13.2. The summed E-state index contributed by atoms with van der Waals surface area (Å²) >= 11 is 0. The SMILES string of the molecule is CCCNc1cc(NC(C)C2CCCO2)nc(COC)n1. The van der Waals surface area contributed by atoms with E-state index >= 15 is 0 Å². The largest absolute Gasteiger partial charge is 0.377 e. The molecule has 2 heterocycles. The highest BCUT2D eigenvalue weighted by Crippen LogP contribution is 2.19. The first-order valence-electron chi connectivity index (χ1n) is 7.71. The molecule has 6 nitrogen and oxygen atoms in total. The van der Waals surface area contributed by atoms with Crippen molar-refractivity contribution in [3.8, 4) is 0 Å². The van der Waals surface area contributed by atoms with E-state index in [1.807, 2.05) is 6.07 Å². The van der Waals surface area contributed by atoms with E-state index in [2.05, 4.69) is 34.4 Å². The number of hydrogen-bond donors (Lipinski definition) is 2. The van der Waals surface area contributed by atoms with Crippen LogP contribution in [0.4, 0.5) is 11.6 Å². The van der Waals surface area contributed by atoms with E-state index in [0.717, 1.165) is 44.0 Å². The minimum atomic E-state index is 0.233. The van der Waals surface area contributed by atoms with Gasteiger partial charge in [-0.3, -0.25) is 0 Å². The van der Waals surface area contributed by atoms with Crippen molar-refractivity contribution in [2.45, 2.75) is 51.9 Å². The number of nitrogens with one attached hydrogen (secondary N) is 2. The van der Waals surface area contributed by atoms with Gasteiger partial charge in [-0.25, -0.2) is 9.97 Å². The minimum Gasteiger partial charge on any atom is -0.377 e. The minimum absolute atomic E-state index is 0.233. The van der Waals surface area contributed by atoms with Crippen molar-refractivity contribution in [1.29, 1.82) is 0 Å². The second-order valence-electron chi connectivity index (χ2n) is 5.40. The third kappa shape index (κ3) is 4.82. The van der Waals surface area contributed by atoms with Gasteiger partial charge < -0.3 is 20.1 Å². The molecule has 0 bridgehead atoms. The zero-order valence-electron chi connectivity index (χ0n) is 13.2. The van der Waals surface area contributed by atoms with Gasteiger partial charge >= 0.3 is 0 Å². The van der Waals surface area contributed by atoms with Crippen molar-refractivity contribution in [3.63, 3.8) is 0 Å². The summed E-state index contributed by atoms with van der Waals surface area (Å²) in [4.78, 5) is 8.95. The molecule has 2 N–H and O–H groups in total. The Hall–Kier alpha value is -1.40. The Morgan fingerprint density at radius 3 is 2.90 bits per heavy atom.